The minimum Gasteiger partial charge on any atom is -0.439 e. The Balaban J connectivity index is 0.00000220. The van der Waals surface area contributed by atoms with Crippen molar-refractivity contribution in [1.29, 1.82) is 0 Å². The Morgan fingerprint density at radius 2 is 1.56 bits per heavy atom. The molecule has 0 aliphatic carbocycles. The average Bonchev–Trinajstić information content (AvgIpc) is 3.67. The Kier molecular flexibility index (Phi) is 4.70. The van der Waals surface area contributed by atoms with E-state index in [0.717, 1.165) is 38.1 Å². The molecule has 1 radical (unpaired) electrons. The van der Waals surface area contributed by atoms with Gasteiger partial charge in [0.1, 0.15) is 0 Å². The molecule has 0 fully saturated rings. The zero-order valence-electron chi connectivity index (χ0n) is 19.0. The minimum atomic E-state index is 0. The first-order valence-corrected chi connectivity index (χ1v) is 12.3. The van der Waals surface area contributed by atoms with Crippen molar-refractivity contribution in [3.05, 3.63) is 97.0 Å². The van der Waals surface area contributed by atoms with Crippen LogP contribution < -0.4 is 0 Å². The summed E-state index contributed by atoms with van der Waals surface area (Å²) >= 11 is 1.75. The maximum Gasteiger partial charge on any atom is 0.0875 e. The van der Waals surface area contributed by atoms with Gasteiger partial charge in [0, 0.05) is 70.8 Å². The summed E-state index contributed by atoms with van der Waals surface area (Å²) in [5.74, 6) is 0. The SMILES string of the molecule is Cc1cnc2c3[c-]onc3c3cc(-c4ccc(-n5c6ccccc6c6ccccc65)cc4)sc3n12.[Ir]. The summed E-state index contributed by atoms with van der Waals surface area (Å²) in [6.45, 7) is 2.07. The van der Waals surface area contributed by atoms with Gasteiger partial charge in [-0.25, -0.2) is 0 Å². The Bertz CT molecular complexity index is 2020. The molecule has 0 spiro atoms. The van der Waals surface area contributed by atoms with Gasteiger partial charge in [-0.1, -0.05) is 53.9 Å². The third kappa shape index (κ3) is 2.85. The van der Waals surface area contributed by atoms with Crippen molar-refractivity contribution in [3.63, 3.8) is 0 Å². The van der Waals surface area contributed by atoms with Crippen LogP contribution in [0.25, 0.3) is 64.7 Å². The first kappa shape index (κ1) is 21.5. The third-order valence-corrected chi connectivity index (χ3v) is 8.01. The van der Waals surface area contributed by atoms with Gasteiger partial charge in [-0.3, -0.25) is 0 Å². The largest absolute Gasteiger partial charge is 0.439 e. The van der Waals surface area contributed by atoms with E-state index in [0.29, 0.717) is 0 Å². The van der Waals surface area contributed by atoms with Gasteiger partial charge >= 0.3 is 0 Å². The first-order chi connectivity index (χ1) is 17.3. The van der Waals surface area contributed by atoms with Crippen LogP contribution in [0.5, 0.6) is 0 Å². The van der Waals surface area contributed by atoms with Gasteiger partial charge in [0.05, 0.1) is 15.9 Å². The van der Waals surface area contributed by atoms with Gasteiger partial charge < -0.3 is 18.5 Å². The zero-order chi connectivity index (χ0) is 23.1. The summed E-state index contributed by atoms with van der Waals surface area (Å²) in [7, 11) is 0. The quantitative estimate of drug-likeness (QED) is 0.180. The minimum absolute atomic E-state index is 0. The van der Waals surface area contributed by atoms with Crippen LogP contribution in [0.15, 0.2) is 89.6 Å². The van der Waals surface area contributed by atoms with Crippen LogP contribution in [0.4, 0.5) is 0 Å². The number of fused-ring (bicyclic) bond motifs is 9. The number of imidazole rings is 1. The van der Waals surface area contributed by atoms with Crippen molar-refractivity contribution < 1.29 is 24.6 Å². The second-order valence-corrected chi connectivity index (χ2v) is 9.84. The number of benzene rings is 3. The van der Waals surface area contributed by atoms with Crippen LogP contribution in [-0.2, 0) is 20.1 Å². The smallest absolute Gasteiger partial charge is 0.0875 e. The van der Waals surface area contributed by atoms with Gasteiger partial charge in [-0.15, -0.1) is 11.3 Å². The van der Waals surface area contributed by atoms with Crippen molar-refractivity contribution in [2.75, 3.05) is 0 Å². The van der Waals surface area contributed by atoms with E-state index >= 15 is 0 Å². The molecule has 175 valence electrons. The third-order valence-electron chi connectivity index (χ3n) is 6.84. The molecule has 8 rings (SSSR count). The van der Waals surface area contributed by atoms with Crippen molar-refractivity contribution in [3.8, 4) is 16.1 Å². The normalized spacial score (nSPS) is 11.8. The maximum atomic E-state index is 5.21. The number of rotatable bonds is 2. The van der Waals surface area contributed by atoms with E-state index in [1.165, 1.54) is 32.2 Å². The van der Waals surface area contributed by atoms with E-state index in [1.54, 1.807) is 11.3 Å². The summed E-state index contributed by atoms with van der Waals surface area (Å²) < 4.78 is 9.72. The fraction of sp³-hybridized carbons (Fsp3) is 0.0345. The number of hydrogen-bond acceptors (Lipinski definition) is 4. The van der Waals surface area contributed by atoms with Crippen LogP contribution >= 0.6 is 11.3 Å². The Morgan fingerprint density at radius 3 is 2.28 bits per heavy atom. The predicted octanol–water partition coefficient (Wildman–Crippen LogP) is 7.56. The van der Waals surface area contributed by atoms with Crippen molar-refractivity contribution in [1.82, 2.24) is 19.1 Å². The molecule has 3 aromatic carbocycles. The topological polar surface area (TPSA) is 48.3 Å². The first-order valence-electron chi connectivity index (χ1n) is 11.4. The van der Waals surface area contributed by atoms with Gasteiger partial charge in [0.2, 0.25) is 0 Å². The summed E-state index contributed by atoms with van der Waals surface area (Å²) in [4.78, 5) is 6.87. The zero-order valence-corrected chi connectivity index (χ0v) is 22.2. The molecule has 0 atom stereocenters. The molecule has 0 amide bonds. The van der Waals surface area contributed by atoms with Gasteiger partial charge in [-0.05, 0) is 48.2 Å². The van der Waals surface area contributed by atoms with Gasteiger partial charge in [0.15, 0.2) is 0 Å². The van der Waals surface area contributed by atoms with E-state index in [-0.39, 0.29) is 20.1 Å². The number of pyridine rings is 1. The maximum absolute atomic E-state index is 5.21. The predicted molar refractivity (Wildman–Crippen MR) is 141 cm³/mol. The van der Waals surface area contributed by atoms with E-state index in [2.05, 4.69) is 111 Å². The molecule has 36 heavy (non-hydrogen) atoms. The number of thiophene rings is 1. The van der Waals surface area contributed by atoms with Gasteiger partial charge in [-0.2, -0.15) is 5.16 Å². The summed E-state index contributed by atoms with van der Waals surface area (Å²) in [6, 6.07) is 28.2. The van der Waals surface area contributed by atoms with Crippen LogP contribution in [0.1, 0.15) is 5.69 Å². The van der Waals surface area contributed by atoms with E-state index < -0.39 is 0 Å². The molecule has 0 unspecified atom stereocenters. The molecule has 0 saturated heterocycles. The number of nitrogens with zero attached hydrogens (tertiary/aromatic N) is 4. The molecular formula is C29H17IrN4OS-. The summed E-state index contributed by atoms with van der Waals surface area (Å²) in [5, 5.41) is 8.65. The Morgan fingerprint density at radius 1 is 0.861 bits per heavy atom. The van der Waals surface area contributed by atoms with Crippen LogP contribution in [-0.4, -0.2) is 19.1 Å². The number of aryl methyl sites for hydroxylation is 1. The summed E-state index contributed by atoms with van der Waals surface area (Å²) in [6.07, 6.45) is 4.79. The molecule has 8 aromatic rings. The molecule has 5 aromatic heterocycles. The second kappa shape index (κ2) is 7.87. The number of hydrogen-bond donors (Lipinski definition) is 0. The van der Waals surface area contributed by atoms with Crippen molar-refractivity contribution >= 4 is 59.9 Å². The average molecular weight is 662 g/mol. The fourth-order valence-electron chi connectivity index (χ4n) is 5.25. The van der Waals surface area contributed by atoms with Crippen LogP contribution in [0.3, 0.4) is 0 Å². The molecule has 0 saturated carbocycles. The molecule has 0 aliphatic heterocycles. The summed E-state index contributed by atoms with van der Waals surface area (Å²) in [5.41, 5.74) is 7.47. The van der Waals surface area contributed by atoms with E-state index in [9.17, 15) is 0 Å². The molecule has 0 bridgehead atoms. The standard InChI is InChI=1S/C29H17N4OS.Ir/c1-17-15-30-28-23-16-34-31-27(23)22-14-26(35-29(22)32(17)28)18-10-12-19(13-11-18)33-24-8-4-2-6-20(24)21-7-3-5-9-25(21)33;/h2-15H,1H3;/q-1;. The molecule has 0 N–H and O–H groups in total. The molecule has 5 nitrogen and oxygen atoms in total. The second-order valence-electron chi connectivity index (χ2n) is 8.81. The monoisotopic (exact) mass is 662 g/mol. The van der Waals surface area contributed by atoms with E-state index in [1.807, 2.05) is 6.20 Å². The van der Waals surface area contributed by atoms with Crippen molar-refractivity contribution in [2.45, 2.75) is 6.92 Å². The number of para-hydroxylation sites is 2. The molecular weight excluding hydrogens is 645 g/mol. The van der Waals surface area contributed by atoms with Crippen LogP contribution in [0, 0.1) is 13.2 Å². The van der Waals surface area contributed by atoms with Crippen LogP contribution in [0.2, 0.25) is 0 Å². The van der Waals surface area contributed by atoms with Gasteiger partial charge in [0.25, 0.3) is 0 Å². The number of aromatic nitrogens is 4. The molecule has 7 heteroatoms. The molecule has 0 aliphatic rings. The van der Waals surface area contributed by atoms with Crippen molar-refractivity contribution in [2.24, 2.45) is 0 Å². The van der Waals surface area contributed by atoms with E-state index in [4.69, 9.17) is 4.52 Å². The Labute approximate surface area is 222 Å². The Hall–Kier alpha value is -3.77. The molecule has 5 heterocycles. The fourth-order valence-corrected chi connectivity index (χ4v) is 6.47.